The van der Waals surface area contributed by atoms with Crippen LogP contribution in [0.25, 0.3) is 11.1 Å². The van der Waals surface area contributed by atoms with E-state index in [1.54, 1.807) is 41.8 Å². The first-order valence-corrected chi connectivity index (χ1v) is 10.9. The molecule has 1 aromatic carbocycles. The Kier molecular flexibility index (Phi) is 6.30. The van der Waals surface area contributed by atoms with Gasteiger partial charge in [-0.05, 0) is 60.2 Å². The molecule has 0 saturated carbocycles. The number of likely N-dealkylation sites (tertiary alicyclic amines) is 1. The predicted octanol–water partition coefficient (Wildman–Crippen LogP) is 3.70. The Balaban J connectivity index is 1.55. The lowest BCUT2D eigenvalue weighted by Crippen LogP contribution is -2.51. The molecule has 0 radical (unpaired) electrons. The number of benzene rings is 1. The minimum atomic E-state index is -0.518. The van der Waals surface area contributed by atoms with Crippen molar-refractivity contribution in [1.82, 2.24) is 19.8 Å². The van der Waals surface area contributed by atoms with Crippen LogP contribution in [-0.2, 0) is 11.2 Å². The molecular formula is C26H28N4O2. The number of aromatic nitrogens is 2. The van der Waals surface area contributed by atoms with Crippen LogP contribution in [0.2, 0.25) is 0 Å². The Morgan fingerprint density at radius 3 is 2.16 bits per heavy atom. The van der Waals surface area contributed by atoms with Gasteiger partial charge in [-0.25, -0.2) is 0 Å². The van der Waals surface area contributed by atoms with Crippen LogP contribution < -0.4 is 0 Å². The molecule has 1 aliphatic rings. The fourth-order valence-electron chi connectivity index (χ4n) is 4.55. The molecule has 1 saturated heterocycles. The average Bonchev–Trinajstić information content (AvgIpc) is 2.85. The summed E-state index contributed by atoms with van der Waals surface area (Å²) in [5, 5.41) is 0. The summed E-state index contributed by atoms with van der Waals surface area (Å²) in [6, 6.07) is 15.8. The van der Waals surface area contributed by atoms with Crippen LogP contribution in [0.4, 0.5) is 0 Å². The van der Waals surface area contributed by atoms with E-state index >= 15 is 0 Å². The van der Waals surface area contributed by atoms with E-state index in [1.807, 2.05) is 37.2 Å². The third-order valence-electron chi connectivity index (χ3n) is 6.28. The number of rotatable bonds is 5. The van der Waals surface area contributed by atoms with Gasteiger partial charge in [-0.1, -0.05) is 24.3 Å². The van der Waals surface area contributed by atoms with Gasteiger partial charge in [0, 0.05) is 57.5 Å². The molecule has 0 unspecified atom stereocenters. The molecule has 0 atom stereocenters. The largest absolute Gasteiger partial charge is 0.348 e. The van der Waals surface area contributed by atoms with E-state index in [1.165, 1.54) is 0 Å². The van der Waals surface area contributed by atoms with Gasteiger partial charge in [0.2, 0.25) is 5.91 Å². The summed E-state index contributed by atoms with van der Waals surface area (Å²) in [6.45, 7) is 1.12. The van der Waals surface area contributed by atoms with Gasteiger partial charge in [-0.3, -0.25) is 19.6 Å². The maximum Gasteiger partial charge on any atom is 0.253 e. The van der Waals surface area contributed by atoms with Crippen LogP contribution in [0.1, 0.15) is 28.8 Å². The summed E-state index contributed by atoms with van der Waals surface area (Å²) in [4.78, 5) is 37.8. The molecule has 1 fully saturated rings. The molecule has 32 heavy (non-hydrogen) atoms. The van der Waals surface area contributed by atoms with Crippen LogP contribution in [0.3, 0.4) is 0 Å². The van der Waals surface area contributed by atoms with Crippen molar-refractivity contribution in [3.8, 4) is 11.1 Å². The quantitative estimate of drug-likeness (QED) is 0.622. The van der Waals surface area contributed by atoms with Crippen LogP contribution in [-0.4, -0.2) is 58.8 Å². The Morgan fingerprint density at radius 2 is 1.53 bits per heavy atom. The van der Waals surface area contributed by atoms with Gasteiger partial charge in [0.05, 0.1) is 5.41 Å². The first-order chi connectivity index (χ1) is 15.5. The van der Waals surface area contributed by atoms with E-state index in [9.17, 15) is 9.59 Å². The fraction of sp³-hybridized carbons (Fsp3) is 0.308. The minimum absolute atomic E-state index is 0.00186. The van der Waals surface area contributed by atoms with Crippen molar-refractivity contribution < 1.29 is 9.59 Å². The van der Waals surface area contributed by atoms with Crippen LogP contribution in [0.5, 0.6) is 0 Å². The van der Waals surface area contributed by atoms with E-state index in [0.29, 0.717) is 37.9 Å². The van der Waals surface area contributed by atoms with Crippen LogP contribution in [0.15, 0.2) is 73.3 Å². The Morgan fingerprint density at radius 1 is 0.906 bits per heavy atom. The van der Waals surface area contributed by atoms with Gasteiger partial charge in [0.25, 0.3) is 5.91 Å². The minimum Gasteiger partial charge on any atom is -0.348 e. The molecule has 164 valence electrons. The third-order valence-corrected chi connectivity index (χ3v) is 6.28. The SMILES string of the molecule is CN(C)C(=O)C1(Cc2cccc(-c3ccncc3)c2)CCN(C(=O)c2ccncc2)CC1. The van der Waals surface area contributed by atoms with Crippen LogP contribution in [0, 0.1) is 5.41 Å². The number of carbonyl (C=O) groups is 2. The van der Waals surface area contributed by atoms with Gasteiger partial charge in [0.15, 0.2) is 0 Å². The van der Waals surface area contributed by atoms with Gasteiger partial charge in [-0.15, -0.1) is 0 Å². The van der Waals surface area contributed by atoms with Crippen molar-refractivity contribution >= 4 is 11.8 Å². The second-order valence-electron chi connectivity index (χ2n) is 8.62. The number of carbonyl (C=O) groups excluding carboxylic acids is 2. The zero-order valence-corrected chi connectivity index (χ0v) is 18.6. The molecule has 0 spiro atoms. The van der Waals surface area contributed by atoms with Crippen molar-refractivity contribution in [3.05, 3.63) is 84.4 Å². The second kappa shape index (κ2) is 9.30. The highest BCUT2D eigenvalue weighted by molar-refractivity contribution is 5.94. The summed E-state index contributed by atoms with van der Waals surface area (Å²) in [5.74, 6) is 0.126. The topological polar surface area (TPSA) is 66.4 Å². The van der Waals surface area contributed by atoms with Crippen molar-refractivity contribution in [1.29, 1.82) is 0 Å². The number of piperidine rings is 1. The summed E-state index contributed by atoms with van der Waals surface area (Å²) in [7, 11) is 3.62. The summed E-state index contributed by atoms with van der Waals surface area (Å²) >= 11 is 0. The number of nitrogens with zero attached hydrogens (tertiary/aromatic N) is 4. The molecular weight excluding hydrogens is 400 g/mol. The van der Waals surface area contributed by atoms with E-state index in [0.717, 1.165) is 16.7 Å². The standard InChI is InChI=1S/C26H28N4O2/c1-29(2)25(32)26(10-16-30(17-11-26)24(31)22-8-14-28-15-9-22)19-20-4-3-5-23(18-20)21-6-12-27-13-7-21/h3-9,12-15,18H,10-11,16-17,19H2,1-2H3. The molecule has 4 rings (SSSR count). The number of amides is 2. The zero-order chi connectivity index (χ0) is 22.6. The monoisotopic (exact) mass is 428 g/mol. The molecule has 2 amide bonds. The number of hydrogen-bond acceptors (Lipinski definition) is 4. The lowest BCUT2D eigenvalue weighted by Gasteiger charge is -2.42. The lowest BCUT2D eigenvalue weighted by atomic mass is 9.72. The fourth-order valence-corrected chi connectivity index (χ4v) is 4.55. The molecule has 0 bridgehead atoms. The van der Waals surface area contributed by atoms with Gasteiger partial charge < -0.3 is 9.80 Å². The maximum absolute atomic E-state index is 13.3. The molecule has 3 heterocycles. The highest BCUT2D eigenvalue weighted by Crippen LogP contribution is 2.38. The lowest BCUT2D eigenvalue weighted by molar-refractivity contribution is -0.142. The van der Waals surface area contributed by atoms with E-state index < -0.39 is 5.41 Å². The first kappa shape index (κ1) is 21.7. The maximum atomic E-state index is 13.3. The Bertz CT molecular complexity index is 1080. The number of pyridine rings is 2. The predicted molar refractivity (Wildman–Crippen MR) is 124 cm³/mol. The number of hydrogen-bond donors (Lipinski definition) is 0. The van der Waals surface area contributed by atoms with Crippen LogP contribution >= 0.6 is 0 Å². The molecule has 0 aliphatic carbocycles. The van der Waals surface area contributed by atoms with E-state index in [2.05, 4.69) is 28.2 Å². The average molecular weight is 429 g/mol. The van der Waals surface area contributed by atoms with E-state index in [-0.39, 0.29) is 11.8 Å². The third kappa shape index (κ3) is 4.54. The Hall–Kier alpha value is -3.54. The van der Waals surface area contributed by atoms with Gasteiger partial charge in [-0.2, -0.15) is 0 Å². The van der Waals surface area contributed by atoms with E-state index in [4.69, 9.17) is 0 Å². The summed E-state index contributed by atoms with van der Waals surface area (Å²) in [5.41, 5.74) is 3.46. The highest BCUT2D eigenvalue weighted by Gasteiger charge is 2.43. The van der Waals surface area contributed by atoms with Crippen molar-refractivity contribution in [3.63, 3.8) is 0 Å². The summed E-state index contributed by atoms with van der Waals surface area (Å²) < 4.78 is 0. The molecule has 1 aliphatic heterocycles. The highest BCUT2D eigenvalue weighted by atomic mass is 16.2. The second-order valence-corrected chi connectivity index (χ2v) is 8.62. The van der Waals surface area contributed by atoms with Gasteiger partial charge >= 0.3 is 0 Å². The van der Waals surface area contributed by atoms with Crippen molar-refractivity contribution in [2.24, 2.45) is 5.41 Å². The smallest absolute Gasteiger partial charge is 0.253 e. The Labute approximate surface area is 188 Å². The van der Waals surface area contributed by atoms with Gasteiger partial charge in [0.1, 0.15) is 0 Å². The normalized spacial score (nSPS) is 15.2. The summed E-state index contributed by atoms with van der Waals surface area (Å²) in [6.07, 6.45) is 8.77. The molecule has 2 aromatic heterocycles. The molecule has 0 N–H and O–H groups in total. The molecule has 3 aromatic rings. The zero-order valence-electron chi connectivity index (χ0n) is 18.6. The molecule has 6 nitrogen and oxygen atoms in total. The van der Waals surface area contributed by atoms with Crippen molar-refractivity contribution in [2.75, 3.05) is 27.2 Å². The molecule has 6 heteroatoms. The first-order valence-electron chi connectivity index (χ1n) is 10.9. The van der Waals surface area contributed by atoms with Crippen molar-refractivity contribution in [2.45, 2.75) is 19.3 Å².